The molecule has 2 aromatic carbocycles. The van der Waals surface area contributed by atoms with Gasteiger partial charge >= 0.3 is 86.7 Å². The molecule has 3 aromatic rings. The SMILES string of the molecule is Cn1[nH]c(-c2ccccc2)n[c]1=[Pt].NCc1ccccc1. The molecule has 3 N–H and O–H groups in total. The number of aromatic nitrogens is 3. The summed E-state index contributed by atoms with van der Waals surface area (Å²) in [7, 11) is 1.95. The van der Waals surface area contributed by atoms with Crippen LogP contribution in [0.4, 0.5) is 0 Å². The Morgan fingerprint density at radius 2 is 1.62 bits per heavy atom. The Morgan fingerprint density at radius 1 is 1.05 bits per heavy atom. The number of rotatable bonds is 2. The molecule has 0 fully saturated rings. The number of hydrogen-bond acceptors (Lipinski definition) is 2. The maximum Gasteiger partial charge on any atom is 0.0178 e. The molecule has 0 aliphatic heterocycles. The van der Waals surface area contributed by atoms with E-state index in [1.54, 1.807) is 0 Å². The summed E-state index contributed by atoms with van der Waals surface area (Å²) in [6.07, 6.45) is 0. The van der Waals surface area contributed by atoms with Gasteiger partial charge in [-0.15, -0.1) is 0 Å². The van der Waals surface area contributed by atoms with Crippen molar-refractivity contribution in [1.82, 2.24) is 14.8 Å². The van der Waals surface area contributed by atoms with Gasteiger partial charge in [-0.05, 0) is 5.56 Å². The zero-order valence-electron chi connectivity index (χ0n) is 11.8. The fourth-order valence-electron chi connectivity index (χ4n) is 1.73. The van der Waals surface area contributed by atoms with E-state index in [0.717, 1.165) is 15.2 Å². The van der Waals surface area contributed by atoms with Crippen LogP contribution in [0, 0.1) is 3.80 Å². The second-order valence-corrected chi connectivity index (χ2v) is 5.44. The molecule has 112 valence electrons. The molecule has 0 unspecified atom stereocenters. The topological polar surface area (TPSA) is 59.6 Å². The van der Waals surface area contributed by atoms with Crippen LogP contribution in [0.1, 0.15) is 5.56 Å². The predicted octanol–water partition coefficient (Wildman–Crippen LogP) is 2.64. The molecule has 0 amide bonds. The molecule has 0 atom stereocenters. The average molecular weight is 461 g/mol. The van der Waals surface area contributed by atoms with E-state index in [9.17, 15) is 0 Å². The van der Waals surface area contributed by atoms with E-state index in [-0.39, 0.29) is 0 Å². The number of nitrogens with one attached hydrogen (secondary N) is 1. The molecule has 0 saturated heterocycles. The second-order valence-electron chi connectivity index (χ2n) is 4.43. The van der Waals surface area contributed by atoms with Gasteiger partial charge < -0.3 is 5.73 Å². The first-order valence-corrected chi connectivity index (χ1v) is 7.72. The van der Waals surface area contributed by atoms with Crippen LogP contribution in [0.25, 0.3) is 11.4 Å². The Bertz CT molecular complexity index is 717. The Labute approximate surface area is 135 Å². The molecule has 5 heteroatoms. The largest absolute Gasteiger partial charge is 0.326 e. The third-order valence-corrected chi connectivity index (χ3v) is 3.87. The van der Waals surface area contributed by atoms with Crippen molar-refractivity contribution in [3.8, 4) is 11.4 Å². The zero-order chi connectivity index (χ0) is 15.1. The molecular formula is C16H18N4Pt. The van der Waals surface area contributed by atoms with E-state index in [0.29, 0.717) is 6.54 Å². The van der Waals surface area contributed by atoms with E-state index in [4.69, 9.17) is 5.73 Å². The minimum Gasteiger partial charge on any atom is -0.326 e. The van der Waals surface area contributed by atoms with E-state index >= 15 is 0 Å². The average Bonchev–Trinajstić information content (AvgIpc) is 2.89. The Morgan fingerprint density at radius 3 is 2.05 bits per heavy atom. The minimum atomic E-state index is 0.640. The summed E-state index contributed by atoms with van der Waals surface area (Å²) in [5, 5.41) is 3.16. The van der Waals surface area contributed by atoms with Crippen molar-refractivity contribution >= 4 is 0 Å². The molecule has 1 heterocycles. The third kappa shape index (κ3) is 4.62. The van der Waals surface area contributed by atoms with Crippen molar-refractivity contribution in [1.29, 1.82) is 0 Å². The Balaban J connectivity index is 0.000000173. The maximum absolute atomic E-state index is 5.35. The van der Waals surface area contributed by atoms with Gasteiger partial charge in [0.1, 0.15) is 0 Å². The van der Waals surface area contributed by atoms with E-state index in [1.165, 1.54) is 5.56 Å². The van der Waals surface area contributed by atoms with E-state index in [2.05, 4.69) is 29.4 Å². The first-order chi connectivity index (χ1) is 10.2. The molecule has 3 rings (SSSR count). The molecule has 0 saturated carbocycles. The van der Waals surface area contributed by atoms with Crippen LogP contribution < -0.4 is 5.73 Å². The van der Waals surface area contributed by atoms with Crippen molar-refractivity contribution < 1.29 is 19.4 Å². The third-order valence-electron chi connectivity index (χ3n) is 2.85. The molecule has 4 nitrogen and oxygen atoms in total. The molecule has 0 bridgehead atoms. The number of aryl methyl sites for hydroxylation is 1. The summed E-state index contributed by atoms with van der Waals surface area (Å²) < 4.78 is 2.85. The van der Waals surface area contributed by atoms with Gasteiger partial charge in [0.2, 0.25) is 0 Å². The van der Waals surface area contributed by atoms with Gasteiger partial charge in [-0.3, -0.25) is 0 Å². The van der Waals surface area contributed by atoms with Gasteiger partial charge in [0.25, 0.3) is 0 Å². The number of benzene rings is 2. The summed E-state index contributed by atoms with van der Waals surface area (Å²) >= 11 is 2.18. The number of nitrogens with two attached hydrogens (primary N) is 1. The first kappa shape index (κ1) is 15.6. The van der Waals surface area contributed by atoms with Crippen LogP contribution in [-0.2, 0) is 32.9 Å². The first-order valence-electron chi connectivity index (χ1n) is 6.58. The molecule has 0 radical (unpaired) electrons. The smallest absolute Gasteiger partial charge is 0.0178 e. The number of nitrogens with zero attached hydrogens (tertiary/aromatic N) is 2. The quantitative estimate of drug-likeness (QED) is 0.617. The Kier molecular flexibility index (Phi) is 5.85. The number of aromatic amines is 1. The van der Waals surface area contributed by atoms with E-state index < -0.39 is 0 Å². The summed E-state index contributed by atoms with van der Waals surface area (Å²) in [5.41, 5.74) is 7.65. The summed E-state index contributed by atoms with van der Waals surface area (Å²) in [4.78, 5) is 4.38. The van der Waals surface area contributed by atoms with Gasteiger partial charge in [-0.25, -0.2) is 0 Å². The fraction of sp³-hybridized carbons (Fsp3) is 0.125. The van der Waals surface area contributed by atoms with Crippen LogP contribution in [0.15, 0.2) is 60.7 Å². The Hall–Kier alpha value is -1.77. The molecule has 21 heavy (non-hydrogen) atoms. The van der Waals surface area contributed by atoms with Crippen LogP contribution in [0.5, 0.6) is 0 Å². The summed E-state index contributed by atoms with van der Waals surface area (Å²) in [5.74, 6) is 0.910. The predicted molar refractivity (Wildman–Crippen MR) is 80.6 cm³/mol. The van der Waals surface area contributed by atoms with Crippen molar-refractivity contribution in [3.63, 3.8) is 0 Å². The zero-order valence-corrected chi connectivity index (χ0v) is 14.0. The van der Waals surface area contributed by atoms with Crippen molar-refractivity contribution in [2.75, 3.05) is 0 Å². The summed E-state index contributed by atoms with van der Waals surface area (Å²) in [6.45, 7) is 0.640. The molecule has 0 aliphatic carbocycles. The van der Waals surface area contributed by atoms with Gasteiger partial charge in [0.05, 0.1) is 0 Å². The van der Waals surface area contributed by atoms with Gasteiger partial charge in [-0.1, -0.05) is 30.3 Å². The molecule has 1 aromatic heterocycles. The fourth-order valence-corrected chi connectivity index (χ4v) is 2.11. The van der Waals surface area contributed by atoms with Crippen molar-refractivity contribution in [2.45, 2.75) is 6.54 Å². The molecule has 0 spiro atoms. The number of hydrogen-bond donors (Lipinski definition) is 2. The van der Waals surface area contributed by atoms with Gasteiger partial charge in [0.15, 0.2) is 0 Å². The van der Waals surface area contributed by atoms with Gasteiger partial charge in [0, 0.05) is 6.54 Å². The van der Waals surface area contributed by atoms with Gasteiger partial charge in [-0.2, -0.15) is 0 Å². The van der Waals surface area contributed by atoms with Crippen LogP contribution in [0.3, 0.4) is 0 Å². The standard InChI is InChI=1S/C9H9N3.C7H9N.Pt/c1-12-7-10-9(11-12)8-5-3-2-4-6-8;8-6-7-4-2-1-3-5-7;/h2-6H,1H3,(H,10,11);1-5H,6,8H2;. The van der Waals surface area contributed by atoms with E-state index in [1.807, 2.05) is 72.4 Å². The van der Waals surface area contributed by atoms with Crippen molar-refractivity contribution in [2.24, 2.45) is 12.8 Å². The number of H-pyrrole nitrogens is 1. The maximum atomic E-state index is 5.35. The monoisotopic (exact) mass is 461 g/mol. The minimum absolute atomic E-state index is 0.640. The van der Waals surface area contributed by atoms with Crippen LogP contribution in [0.2, 0.25) is 0 Å². The molecule has 0 aliphatic rings. The van der Waals surface area contributed by atoms with Crippen molar-refractivity contribution in [3.05, 3.63) is 70.0 Å². The van der Waals surface area contributed by atoms with Crippen LogP contribution in [-0.4, -0.2) is 14.8 Å². The normalized spacial score (nSPS) is 9.90. The second kappa shape index (κ2) is 7.86. The van der Waals surface area contributed by atoms with Crippen LogP contribution >= 0.6 is 0 Å². The molecular weight excluding hydrogens is 443 g/mol. The summed E-state index contributed by atoms with van der Waals surface area (Å²) in [6, 6.07) is 20.1.